The summed E-state index contributed by atoms with van der Waals surface area (Å²) in [6.45, 7) is 3.06. The van der Waals surface area contributed by atoms with Gasteiger partial charge in [-0.25, -0.2) is 4.39 Å². The number of ether oxygens (including phenoxy) is 1. The Morgan fingerprint density at radius 2 is 1.93 bits per heavy atom. The van der Waals surface area contributed by atoms with Gasteiger partial charge in [0, 0.05) is 30.3 Å². The van der Waals surface area contributed by atoms with Gasteiger partial charge in [-0.3, -0.25) is 9.20 Å². The van der Waals surface area contributed by atoms with Gasteiger partial charge in [0.15, 0.2) is 5.96 Å². The van der Waals surface area contributed by atoms with Crippen LogP contribution in [0.1, 0.15) is 13.3 Å². The van der Waals surface area contributed by atoms with E-state index >= 15 is 0 Å². The van der Waals surface area contributed by atoms with Crippen LogP contribution in [-0.2, 0) is 10.8 Å². The van der Waals surface area contributed by atoms with Crippen LogP contribution < -0.4 is 15.4 Å². The summed E-state index contributed by atoms with van der Waals surface area (Å²) in [5.41, 5.74) is 0. The van der Waals surface area contributed by atoms with Gasteiger partial charge in [0.2, 0.25) is 0 Å². The molecule has 28 heavy (non-hydrogen) atoms. The minimum atomic E-state index is -1.05. The zero-order valence-electron chi connectivity index (χ0n) is 16.1. The second kappa shape index (κ2) is 13.5. The molecule has 0 spiro atoms. The Morgan fingerprint density at radius 1 is 1.18 bits per heavy atom. The van der Waals surface area contributed by atoms with Crippen molar-refractivity contribution in [3.8, 4) is 5.75 Å². The van der Waals surface area contributed by atoms with Crippen molar-refractivity contribution in [2.24, 2.45) is 4.99 Å². The fraction of sp³-hybridized carbons (Fsp3) is 0.350. The maximum atomic E-state index is 13.3. The van der Waals surface area contributed by atoms with Crippen LogP contribution in [0.5, 0.6) is 5.75 Å². The third-order valence-corrected chi connectivity index (χ3v) is 5.23. The van der Waals surface area contributed by atoms with E-state index in [1.165, 1.54) is 12.1 Å². The Balaban J connectivity index is 0.00000392. The van der Waals surface area contributed by atoms with Gasteiger partial charge in [-0.2, -0.15) is 0 Å². The number of guanidine groups is 1. The first-order valence-electron chi connectivity index (χ1n) is 8.92. The first-order valence-corrected chi connectivity index (χ1v) is 10.2. The molecule has 0 aliphatic carbocycles. The third kappa shape index (κ3) is 8.55. The number of benzene rings is 2. The van der Waals surface area contributed by atoms with Crippen molar-refractivity contribution in [2.45, 2.75) is 24.3 Å². The summed E-state index contributed by atoms with van der Waals surface area (Å²) in [6, 6.07) is 15.5. The molecule has 0 amide bonds. The topological polar surface area (TPSA) is 62.7 Å². The standard InChI is InChI=1S/C20H26FN3O2S.HI/c1-3-17(26-18-9-7-8-16(21)14-18)15-24-20(22-2)23-12-13-27(25)19-10-5-4-6-11-19;/h4-11,14,17H,3,12-13,15H2,1-2H3,(H2,22,23,24);1H. The molecule has 0 aliphatic heterocycles. The predicted octanol–water partition coefficient (Wildman–Crippen LogP) is 3.57. The SMILES string of the molecule is CCC(CNC(=NC)NCCS(=O)c1ccccc1)Oc1cccc(F)c1.I. The molecule has 2 unspecified atom stereocenters. The second-order valence-electron chi connectivity index (χ2n) is 5.85. The highest BCUT2D eigenvalue weighted by Crippen LogP contribution is 2.14. The van der Waals surface area contributed by atoms with Gasteiger partial charge in [-0.1, -0.05) is 31.2 Å². The van der Waals surface area contributed by atoms with E-state index in [-0.39, 0.29) is 35.9 Å². The van der Waals surface area contributed by atoms with Crippen LogP contribution in [0, 0.1) is 5.82 Å². The van der Waals surface area contributed by atoms with Crippen LogP contribution in [0.15, 0.2) is 64.5 Å². The summed E-state index contributed by atoms with van der Waals surface area (Å²) in [4.78, 5) is 4.98. The van der Waals surface area contributed by atoms with Crippen molar-refractivity contribution >= 4 is 40.7 Å². The molecule has 0 saturated carbocycles. The summed E-state index contributed by atoms with van der Waals surface area (Å²) < 4.78 is 31.3. The summed E-state index contributed by atoms with van der Waals surface area (Å²) in [6.07, 6.45) is 0.641. The molecule has 2 rings (SSSR count). The maximum Gasteiger partial charge on any atom is 0.191 e. The lowest BCUT2D eigenvalue weighted by atomic mass is 10.2. The molecule has 2 aromatic rings. The predicted molar refractivity (Wildman–Crippen MR) is 124 cm³/mol. The van der Waals surface area contributed by atoms with Crippen LogP contribution in [0.4, 0.5) is 4.39 Å². The number of aliphatic imine (C=N–C) groups is 1. The summed E-state index contributed by atoms with van der Waals surface area (Å²) in [5.74, 6) is 1.28. The lowest BCUT2D eigenvalue weighted by Crippen LogP contribution is -2.43. The van der Waals surface area contributed by atoms with E-state index in [1.54, 1.807) is 19.2 Å². The fourth-order valence-corrected chi connectivity index (χ4v) is 3.37. The van der Waals surface area contributed by atoms with Gasteiger partial charge in [-0.05, 0) is 30.7 Å². The molecule has 0 saturated heterocycles. The monoisotopic (exact) mass is 519 g/mol. The van der Waals surface area contributed by atoms with Crippen molar-refractivity contribution in [3.63, 3.8) is 0 Å². The average Bonchev–Trinajstić information content (AvgIpc) is 2.70. The molecule has 0 radical (unpaired) electrons. The number of hydrogen-bond donors (Lipinski definition) is 2. The Kier molecular flexibility index (Phi) is 11.7. The molecule has 0 aromatic heterocycles. The van der Waals surface area contributed by atoms with Crippen LogP contribution >= 0.6 is 24.0 Å². The lowest BCUT2D eigenvalue weighted by molar-refractivity contribution is 0.199. The number of rotatable bonds is 9. The van der Waals surface area contributed by atoms with Crippen molar-refractivity contribution in [2.75, 3.05) is 25.9 Å². The molecule has 0 bridgehead atoms. The molecule has 8 heteroatoms. The Labute approximate surface area is 185 Å². The molecule has 2 atom stereocenters. The Hall–Kier alpha value is -1.68. The summed E-state index contributed by atoms with van der Waals surface area (Å²) >= 11 is 0. The average molecular weight is 519 g/mol. The maximum absolute atomic E-state index is 13.3. The molecule has 0 aliphatic rings. The van der Waals surface area contributed by atoms with E-state index in [1.807, 2.05) is 37.3 Å². The molecular weight excluding hydrogens is 492 g/mol. The molecule has 2 aromatic carbocycles. The second-order valence-corrected chi connectivity index (χ2v) is 7.42. The molecule has 5 nitrogen and oxygen atoms in total. The highest BCUT2D eigenvalue weighted by Gasteiger charge is 2.10. The molecule has 0 heterocycles. The summed E-state index contributed by atoms with van der Waals surface area (Å²) in [5, 5.41) is 6.34. The zero-order chi connectivity index (χ0) is 19.5. The quantitative estimate of drug-likeness (QED) is 0.302. The number of hydrogen-bond acceptors (Lipinski definition) is 3. The minimum absolute atomic E-state index is 0. The van der Waals surface area contributed by atoms with Crippen LogP contribution in [0.25, 0.3) is 0 Å². The molecule has 154 valence electrons. The number of nitrogens with zero attached hydrogens (tertiary/aromatic N) is 1. The molecular formula is C20H27FIN3O2S. The highest BCUT2D eigenvalue weighted by molar-refractivity contribution is 14.0. The van der Waals surface area contributed by atoms with Gasteiger partial charge in [-0.15, -0.1) is 24.0 Å². The van der Waals surface area contributed by atoms with E-state index in [2.05, 4.69) is 15.6 Å². The van der Waals surface area contributed by atoms with Crippen molar-refractivity contribution in [1.82, 2.24) is 10.6 Å². The molecule has 2 N–H and O–H groups in total. The third-order valence-electron chi connectivity index (χ3n) is 3.86. The Bertz CT molecular complexity index is 762. The lowest BCUT2D eigenvalue weighted by Gasteiger charge is -2.20. The van der Waals surface area contributed by atoms with Crippen LogP contribution in [-0.4, -0.2) is 42.2 Å². The number of nitrogens with one attached hydrogen (secondary N) is 2. The van der Waals surface area contributed by atoms with Gasteiger partial charge >= 0.3 is 0 Å². The van der Waals surface area contributed by atoms with E-state index in [4.69, 9.17) is 4.74 Å². The van der Waals surface area contributed by atoms with Crippen molar-refractivity contribution in [3.05, 3.63) is 60.4 Å². The number of halogens is 2. The van der Waals surface area contributed by atoms with Gasteiger partial charge in [0.1, 0.15) is 17.7 Å². The van der Waals surface area contributed by atoms with Crippen molar-refractivity contribution < 1.29 is 13.3 Å². The van der Waals surface area contributed by atoms with E-state index in [0.717, 1.165) is 11.3 Å². The smallest absolute Gasteiger partial charge is 0.191 e. The molecule has 0 fully saturated rings. The van der Waals surface area contributed by atoms with Gasteiger partial charge in [0.05, 0.1) is 17.3 Å². The largest absolute Gasteiger partial charge is 0.489 e. The van der Waals surface area contributed by atoms with E-state index in [9.17, 15) is 8.60 Å². The minimum Gasteiger partial charge on any atom is -0.489 e. The zero-order valence-corrected chi connectivity index (χ0v) is 19.2. The Morgan fingerprint density at radius 3 is 2.57 bits per heavy atom. The first kappa shape index (κ1) is 24.4. The highest BCUT2D eigenvalue weighted by atomic mass is 127. The van der Waals surface area contributed by atoms with Crippen molar-refractivity contribution in [1.29, 1.82) is 0 Å². The first-order chi connectivity index (χ1) is 13.1. The van der Waals surface area contributed by atoms with E-state index < -0.39 is 10.8 Å². The van der Waals surface area contributed by atoms with Crippen LogP contribution in [0.3, 0.4) is 0 Å². The fourth-order valence-electron chi connectivity index (χ4n) is 2.39. The normalized spacial score (nSPS) is 13.2. The van der Waals surface area contributed by atoms with Crippen LogP contribution in [0.2, 0.25) is 0 Å². The summed E-state index contributed by atoms with van der Waals surface area (Å²) in [7, 11) is 0.628. The van der Waals surface area contributed by atoms with Gasteiger partial charge < -0.3 is 15.4 Å². The van der Waals surface area contributed by atoms with Gasteiger partial charge in [0.25, 0.3) is 0 Å². The van der Waals surface area contributed by atoms with E-state index in [0.29, 0.717) is 30.6 Å².